The minimum Gasteiger partial charge on any atom is -0.352 e. The van der Waals surface area contributed by atoms with E-state index < -0.39 is 0 Å². The van der Waals surface area contributed by atoms with Gasteiger partial charge in [0, 0.05) is 41.6 Å². The molecule has 0 unspecified atom stereocenters. The smallest absolute Gasteiger partial charge is 0.220 e. The summed E-state index contributed by atoms with van der Waals surface area (Å²) in [6.07, 6.45) is 4.84. The monoisotopic (exact) mass is 329 g/mol. The first-order valence-corrected chi connectivity index (χ1v) is 8.44. The molecule has 7 heteroatoms. The summed E-state index contributed by atoms with van der Waals surface area (Å²) in [4.78, 5) is 18.7. The highest BCUT2D eigenvalue weighted by Crippen LogP contribution is 2.21. The van der Waals surface area contributed by atoms with Crippen molar-refractivity contribution in [2.45, 2.75) is 32.2 Å². The number of nitrogens with zero attached hydrogens (tertiary/aromatic N) is 4. The molecule has 0 radical (unpaired) electrons. The van der Waals surface area contributed by atoms with Gasteiger partial charge in [-0.15, -0.1) is 11.3 Å². The molecule has 0 aliphatic carbocycles. The van der Waals surface area contributed by atoms with Crippen LogP contribution in [0.5, 0.6) is 0 Å². The molecule has 0 fully saturated rings. The lowest BCUT2D eigenvalue weighted by molar-refractivity contribution is -0.121. The number of unbranched alkanes of at least 4 members (excludes halogenated alkanes) is 2. The summed E-state index contributed by atoms with van der Waals surface area (Å²) in [5, 5.41) is 9.34. The van der Waals surface area contributed by atoms with E-state index in [-0.39, 0.29) is 5.91 Å². The van der Waals surface area contributed by atoms with E-state index in [9.17, 15) is 4.79 Å². The first-order chi connectivity index (χ1) is 11.3. The van der Waals surface area contributed by atoms with Crippen LogP contribution in [0, 0.1) is 0 Å². The Kier molecular flexibility index (Phi) is 7.10. The number of azide groups is 1. The van der Waals surface area contributed by atoms with Gasteiger partial charge in [-0.3, -0.25) is 4.79 Å². The zero-order valence-electron chi connectivity index (χ0n) is 12.8. The zero-order chi connectivity index (χ0) is 16.3. The Bertz CT molecular complexity index is 648. The van der Waals surface area contributed by atoms with Crippen LogP contribution in [-0.4, -0.2) is 17.4 Å². The molecule has 2 rings (SSSR count). The normalized spacial score (nSPS) is 10.1. The van der Waals surface area contributed by atoms with Crippen molar-refractivity contribution < 1.29 is 4.79 Å². The summed E-state index contributed by atoms with van der Waals surface area (Å²) in [7, 11) is 0. The third-order valence-electron chi connectivity index (χ3n) is 3.35. The molecular formula is C16H19N5OS. The van der Waals surface area contributed by atoms with E-state index in [2.05, 4.69) is 20.3 Å². The van der Waals surface area contributed by atoms with E-state index in [1.165, 1.54) is 0 Å². The molecule has 0 aliphatic rings. The van der Waals surface area contributed by atoms with Gasteiger partial charge in [-0.1, -0.05) is 35.8 Å². The predicted octanol–water partition coefficient (Wildman–Crippen LogP) is 4.30. The summed E-state index contributed by atoms with van der Waals surface area (Å²) < 4.78 is 0. The molecule has 1 amide bonds. The van der Waals surface area contributed by atoms with Crippen LogP contribution < -0.4 is 5.32 Å². The third-order valence-corrected chi connectivity index (χ3v) is 4.17. The lowest BCUT2D eigenvalue weighted by atomic mass is 10.1. The van der Waals surface area contributed by atoms with Crippen molar-refractivity contribution >= 4 is 17.2 Å². The van der Waals surface area contributed by atoms with Crippen molar-refractivity contribution in [3.05, 3.63) is 51.8 Å². The molecule has 6 nitrogen and oxygen atoms in total. The summed E-state index contributed by atoms with van der Waals surface area (Å²) in [5.74, 6) is 0.0535. The molecule has 2 aromatic rings. The van der Waals surface area contributed by atoms with Crippen molar-refractivity contribution in [1.82, 2.24) is 10.3 Å². The molecular weight excluding hydrogens is 310 g/mol. The van der Waals surface area contributed by atoms with Gasteiger partial charge in [0.25, 0.3) is 0 Å². The first-order valence-electron chi connectivity index (χ1n) is 7.56. The number of hydrogen-bond acceptors (Lipinski definition) is 4. The molecule has 0 aliphatic heterocycles. The number of nitrogens with one attached hydrogen (secondary N) is 1. The molecule has 1 N–H and O–H groups in total. The molecule has 1 aromatic heterocycles. The average Bonchev–Trinajstić information content (AvgIpc) is 3.11. The summed E-state index contributed by atoms with van der Waals surface area (Å²) >= 11 is 1.61. The quantitative estimate of drug-likeness (QED) is 0.321. The zero-order valence-corrected chi connectivity index (χ0v) is 13.6. The van der Waals surface area contributed by atoms with Crippen molar-refractivity contribution in [1.29, 1.82) is 0 Å². The van der Waals surface area contributed by atoms with E-state index >= 15 is 0 Å². The molecule has 0 bridgehead atoms. The summed E-state index contributed by atoms with van der Waals surface area (Å²) in [5.41, 5.74) is 10.3. The van der Waals surface area contributed by atoms with Gasteiger partial charge in [0.05, 0.1) is 0 Å². The van der Waals surface area contributed by atoms with Crippen LogP contribution in [0.4, 0.5) is 0 Å². The van der Waals surface area contributed by atoms with Crippen LogP contribution >= 0.6 is 11.3 Å². The second kappa shape index (κ2) is 9.61. The van der Waals surface area contributed by atoms with Gasteiger partial charge in [0.15, 0.2) is 0 Å². The minimum atomic E-state index is 0.0535. The van der Waals surface area contributed by atoms with Gasteiger partial charge in [-0.2, -0.15) is 0 Å². The van der Waals surface area contributed by atoms with Gasteiger partial charge in [-0.05, 0) is 23.9 Å². The highest BCUT2D eigenvalue weighted by atomic mass is 32.1. The lowest BCUT2D eigenvalue weighted by Gasteiger charge is -2.06. The number of aromatic nitrogens is 1. The molecule has 1 heterocycles. The lowest BCUT2D eigenvalue weighted by Crippen LogP contribution is -2.22. The molecule has 0 spiro atoms. The number of thiazole rings is 1. The fraction of sp³-hybridized carbons (Fsp3) is 0.375. The van der Waals surface area contributed by atoms with E-state index in [4.69, 9.17) is 5.53 Å². The van der Waals surface area contributed by atoms with Crippen LogP contribution in [-0.2, 0) is 11.3 Å². The highest BCUT2D eigenvalue weighted by Gasteiger charge is 2.03. The number of hydrogen-bond donors (Lipinski definition) is 1. The largest absolute Gasteiger partial charge is 0.352 e. The number of benzene rings is 1. The van der Waals surface area contributed by atoms with Crippen LogP contribution in [0.2, 0.25) is 0 Å². The number of carbonyl (C=O) groups excluding carboxylic acids is 1. The highest BCUT2D eigenvalue weighted by molar-refractivity contribution is 7.13. The van der Waals surface area contributed by atoms with Crippen LogP contribution in [0.3, 0.4) is 0 Å². The van der Waals surface area contributed by atoms with Crippen molar-refractivity contribution in [3.63, 3.8) is 0 Å². The maximum atomic E-state index is 11.8. The second-order valence-electron chi connectivity index (χ2n) is 5.08. The number of carbonyl (C=O) groups is 1. The summed E-state index contributed by atoms with van der Waals surface area (Å²) in [6, 6.07) is 8.07. The third kappa shape index (κ3) is 6.10. The van der Waals surface area contributed by atoms with Gasteiger partial charge < -0.3 is 5.32 Å². The van der Waals surface area contributed by atoms with Crippen molar-refractivity contribution in [3.8, 4) is 10.6 Å². The molecule has 0 saturated heterocycles. The maximum Gasteiger partial charge on any atom is 0.220 e. The fourth-order valence-electron chi connectivity index (χ4n) is 2.11. The standard InChI is InChI=1S/C16H19N5OS/c17-21-20-9-3-1-2-4-15(22)19-12-13-5-7-14(8-6-13)16-18-10-11-23-16/h5-8,10-11H,1-4,9,12H2,(H,19,22). The Balaban J connectivity index is 1.67. The Morgan fingerprint density at radius 3 is 2.78 bits per heavy atom. The topological polar surface area (TPSA) is 90.8 Å². The SMILES string of the molecule is [N-]=[N+]=NCCCCCC(=O)NCc1ccc(-c2nccs2)cc1. The Morgan fingerprint density at radius 1 is 1.26 bits per heavy atom. The minimum absolute atomic E-state index is 0.0535. The van der Waals surface area contributed by atoms with E-state index in [0.29, 0.717) is 19.5 Å². The Morgan fingerprint density at radius 2 is 2.09 bits per heavy atom. The van der Waals surface area contributed by atoms with Gasteiger partial charge >= 0.3 is 0 Å². The number of amides is 1. The maximum absolute atomic E-state index is 11.8. The van der Waals surface area contributed by atoms with E-state index in [1.54, 1.807) is 17.5 Å². The predicted molar refractivity (Wildman–Crippen MR) is 91.9 cm³/mol. The summed E-state index contributed by atoms with van der Waals surface area (Å²) in [6.45, 7) is 1.04. The number of rotatable bonds is 9. The van der Waals surface area contributed by atoms with Crippen molar-refractivity contribution in [2.75, 3.05) is 6.54 Å². The molecule has 120 valence electrons. The van der Waals surface area contributed by atoms with Crippen LogP contribution in [0.15, 0.2) is 41.0 Å². The molecule has 0 atom stereocenters. The van der Waals surface area contributed by atoms with E-state index in [1.807, 2.05) is 29.6 Å². The second-order valence-corrected chi connectivity index (χ2v) is 5.97. The molecule has 1 aromatic carbocycles. The van der Waals surface area contributed by atoms with Crippen LogP contribution in [0.1, 0.15) is 31.2 Å². The fourth-order valence-corrected chi connectivity index (χ4v) is 2.75. The van der Waals surface area contributed by atoms with E-state index in [0.717, 1.165) is 35.4 Å². The Labute approximate surface area is 139 Å². The van der Waals surface area contributed by atoms with Gasteiger partial charge in [0.1, 0.15) is 5.01 Å². The molecule has 0 saturated carbocycles. The average molecular weight is 329 g/mol. The Hall–Kier alpha value is -2.37. The van der Waals surface area contributed by atoms with Gasteiger partial charge in [0.2, 0.25) is 5.91 Å². The van der Waals surface area contributed by atoms with Crippen molar-refractivity contribution in [2.24, 2.45) is 5.11 Å². The molecule has 23 heavy (non-hydrogen) atoms. The van der Waals surface area contributed by atoms with Crippen LogP contribution in [0.25, 0.3) is 21.0 Å². The van der Waals surface area contributed by atoms with Gasteiger partial charge in [-0.25, -0.2) is 4.98 Å². The first kappa shape index (κ1) is 17.0.